The first-order chi connectivity index (χ1) is 11.1. The first-order valence-corrected chi connectivity index (χ1v) is 9.39. The summed E-state index contributed by atoms with van der Waals surface area (Å²) in [7, 11) is -3.75. The van der Waals surface area contributed by atoms with Crippen molar-refractivity contribution in [2.75, 3.05) is 5.32 Å². The number of rotatable bonds is 2. The number of benzene rings is 2. The van der Waals surface area contributed by atoms with E-state index in [1.54, 1.807) is 6.92 Å². The molecular weight excluding hydrogens is 326 g/mol. The van der Waals surface area contributed by atoms with Crippen LogP contribution in [0.25, 0.3) is 10.8 Å². The smallest absolute Gasteiger partial charge is 0.267 e. The van der Waals surface area contributed by atoms with Crippen LogP contribution in [-0.4, -0.2) is 24.1 Å². The summed E-state index contributed by atoms with van der Waals surface area (Å²) < 4.78 is 28.5. The number of hydrogen-bond acceptors (Lipinski definition) is 3. The third kappa shape index (κ3) is 3.44. The first-order valence-electron chi connectivity index (χ1n) is 7.89. The number of fused-ring (bicyclic) bond motifs is 3. The van der Waals surface area contributed by atoms with Crippen molar-refractivity contribution in [1.29, 1.82) is 0 Å². The Morgan fingerprint density at radius 1 is 1.17 bits per heavy atom. The van der Waals surface area contributed by atoms with Gasteiger partial charge in [-0.2, -0.15) is 8.42 Å². The van der Waals surface area contributed by atoms with E-state index in [0.29, 0.717) is 6.42 Å². The van der Waals surface area contributed by atoms with Gasteiger partial charge in [-0.15, -0.1) is 0 Å². The van der Waals surface area contributed by atoms with Crippen LogP contribution in [0.4, 0.5) is 5.69 Å². The van der Waals surface area contributed by atoms with Crippen molar-refractivity contribution in [2.45, 2.75) is 44.8 Å². The fraction of sp³-hybridized carbons (Fsp3) is 0.389. The van der Waals surface area contributed by atoms with Crippen molar-refractivity contribution in [1.82, 2.24) is 0 Å². The molecule has 24 heavy (non-hydrogen) atoms. The highest BCUT2D eigenvalue weighted by molar-refractivity contribution is 7.86. The maximum atomic E-state index is 11.9. The summed E-state index contributed by atoms with van der Waals surface area (Å²) in [6.07, 6.45) is 0.457. The predicted octanol–water partition coefficient (Wildman–Crippen LogP) is 3.74. The third-order valence-electron chi connectivity index (χ3n) is 4.45. The topological polar surface area (TPSA) is 83.5 Å². The molecule has 0 saturated heterocycles. The molecule has 1 amide bonds. The molecule has 0 aromatic heterocycles. The predicted molar refractivity (Wildman–Crippen MR) is 96.9 cm³/mol. The van der Waals surface area contributed by atoms with Gasteiger partial charge in [0.15, 0.2) is 0 Å². The van der Waals surface area contributed by atoms with E-state index in [-0.39, 0.29) is 5.91 Å². The molecule has 6 heteroatoms. The molecule has 0 radical (unpaired) electrons. The molecule has 1 atom stereocenters. The van der Waals surface area contributed by atoms with E-state index in [2.05, 4.69) is 23.5 Å². The molecule has 0 fully saturated rings. The van der Waals surface area contributed by atoms with E-state index in [1.165, 1.54) is 17.7 Å². The Morgan fingerprint density at radius 2 is 1.79 bits per heavy atom. The fourth-order valence-corrected chi connectivity index (χ4v) is 3.07. The number of nitrogens with one attached hydrogen (secondary N) is 1. The van der Waals surface area contributed by atoms with Crippen molar-refractivity contribution in [3.05, 3.63) is 42.0 Å². The molecule has 0 saturated carbocycles. The lowest BCUT2D eigenvalue weighted by atomic mass is 9.83. The minimum absolute atomic E-state index is 0.0823. The van der Waals surface area contributed by atoms with E-state index < -0.39 is 20.8 Å². The van der Waals surface area contributed by atoms with Gasteiger partial charge in [-0.05, 0) is 49.6 Å². The van der Waals surface area contributed by atoms with Gasteiger partial charge in [-0.1, -0.05) is 37.3 Å². The fourth-order valence-electron chi connectivity index (χ4n) is 2.65. The second-order valence-corrected chi connectivity index (χ2v) is 8.36. The summed E-state index contributed by atoms with van der Waals surface area (Å²) >= 11 is 0. The van der Waals surface area contributed by atoms with Gasteiger partial charge in [0.05, 0.1) is 10.7 Å². The summed E-state index contributed by atoms with van der Waals surface area (Å²) in [5.74, 6) is 0.0823. The van der Waals surface area contributed by atoms with Crippen molar-refractivity contribution >= 4 is 32.5 Å². The van der Waals surface area contributed by atoms with Crippen LogP contribution in [-0.2, 0) is 20.3 Å². The lowest BCUT2D eigenvalue weighted by Gasteiger charge is -2.17. The molecule has 130 valence electrons. The van der Waals surface area contributed by atoms with Crippen LogP contribution < -0.4 is 5.32 Å². The van der Waals surface area contributed by atoms with Crippen LogP contribution in [0, 0.1) is 0 Å². The van der Waals surface area contributed by atoms with Gasteiger partial charge in [0.25, 0.3) is 10.1 Å². The molecule has 1 aliphatic heterocycles. The quantitative estimate of drug-likeness (QED) is 0.809. The van der Waals surface area contributed by atoms with Gasteiger partial charge >= 0.3 is 0 Å². The van der Waals surface area contributed by atoms with Crippen LogP contribution in [0.3, 0.4) is 0 Å². The lowest BCUT2D eigenvalue weighted by molar-refractivity contribution is -0.119. The molecule has 2 N–H and O–H groups in total. The van der Waals surface area contributed by atoms with Crippen LogP contribution in [0.15, 0.2) is 36.4 Å². The zero-order valence-electron chi connectivity index (χ0n) is 14.3. The van der Waals surface area contributed by atoms with E-state index >= 15 is 0 Å². The standard InChI is InChI=1S/C14H13NO.C4H10O3S/c1-14(2)12-10-6-4-3-5-9(10)7-8-11(12)15-13(14)16;1-3-4(2)8(5,6)7/h3-8H,1-2H3,(H,15,16);4H,3H2,1-2H3,(H,5,6,7). The van der Waals surface area contributed by atoms with Gasteiger partial charge in [0, 0.05) is 5.69 Å². The number of hydrogen-bond donors (Lipinski definition) is 2. The van der Waals surface area contributed by atoms with Gasteiger partial charge in [-0.25, -0.2) is 0 Å². The average molecular weight is 349 g/mol. The van der Waals surface area contributed by atoms with Crippen molar-refractivity contribution < 1.29 is 17.8 Å². The third-order valence-corrected chi connectivity index (χ3v) is 5.80. The minimum Gasteiger partial charge on any atom is -0.325 e. The maximum absolute atomic E-state index is 11.9. The van der Waals surface area contributed by atoms with E-state index in [0.717, 1.165) is 11.3 Å². The number of carbonyl (C=O) groups excluding carboxylic acids is 1. The van der Waals surface area contributed by atoms with Crippen LogP contribution in [0.5, 0.6) is 0 Å². The molecule has 1 heterocycles. The number of carbonyl (C=O) groups is 1. The average Bonchev–Trinajstić information content (AvgIpc) is 2.76. The highest BCUT2D eigenvalue weighted by Crippen LogP contribution is 2.41. The normalized spacial score (nSPS) is 16.8. The molecular formula is C18H23NO4S. The van der Waals surface area contributed by atoms with Gasteiger partial charge in [0.1, 0.15) is 0 Å². The molecule has 3 rings (SSSR count). The molecule has 2 aromatic rings. The highest BCUT2D eigenvalue weighted by Gasteiger charge is 2.39. The Labute approximate surface area is 142 Å². The summed E-state index contributed by atoms with van der Waals surface area (Å²) in [6, 6.07) is 12.2. The second-order valence-electron chi connectivity index (χ2n) is 6.52. The summed E-state index contributed by atoms with van der Waals surface area (Å²) in [4.78, 5) is 11.9. The van der Waals surface area contributed by atoms with Crippen LogP contribution >= 0.6 is 0 Å². The molecule has 1 aliphatic rings. The van der Waals surface area contributed by atoms with Crippen molar-refractivity contribution in [3.8, 4) is 0 Å². The maximum Gasteiger partial charge on any atom is 0.267 e. The Kier molecular flexibility index (Phi) is 5.01. The van der Waals surface area contributed by atoms with Crippen molar-refractivity contribution in [2.24, 2.45) is 0 Å². The summed E-state index contributed by atoms with van der Waals surface area (Å²) in [6.45, 7) is 7.12. The Hall–Kier alpha value is -1.92. The second kappa shape index (κ2) is 6.53. The number of anilines is 1. The molecule has 0 spiro atoms. The van der Waals surface area contributed by atoms with Crippen LogP contribution in [0.1, 0.15) is 39.7 Å². The Bertz CT molecular complexity index is 872. The molecule has 5 nitrogen and oxygen atoms in total. The summed E-state index contributed by atoms with van der Waals surface area (Å²) in [5.41, 5.74) is 1.64. The molecule has 0 aliphatic carbocycles. The minimum atomic E-state index is -3.75. The zero-order chi connectivity index (χ0) is 18.1. The van der Waals surface area contributed by atoms with Crippen LogP contribution in [0.2, 0.25) is 0 Å². The molecule has 0 bridgehead atoms. The first kappa shape index (κ1) is 18.4. The van der Waals surface area contributed by atoms with E-state index in [9.17, 15) is 13.2 Å². The SMILES string of the molecule is CC1(C)C(=O)Nc2ccc3ccccc3c21.CCC(C)S(=O)(=O)O. The Morgan fingerprint density at radius 3 is 2.33 bits per heavy atom. The highest BCUT2D eigenvalue weighted by atomic mass is 32.2. The van der Waals surface area contributed by atoms with Gasteiger partial charge in [-0.3, -0.25) is 9.35 Å². The largest absolute Gasteiger partial charge is 0.325 e. The van der Waals surface area contributed by atoms with E-state index in [1.807, 2.05) is 32.0 Å². The molecule has 2 aromatic carbocycles. The summed E-state index contributed by atoms with van der Waals surface area (Å²) in [5, 5.41) is 4.67. The van der Waals surface area contributed by atoms with Gasteiger partial charge < -0.3 is 5.32 Å². The Balaban J connectivity index is 0.000000224. The molecule has 1 unspecified atom stereocenters. The van der Waals surface area contributed by atoms with Gasteiger partial charge in [0.2, 0.25) is 5.91 Å². The van der Waals surface area contributed by atoms with Crippen molar-refractivity contribution in [3.63, 3.8) is 0 Å². The number of amides is 1. The zero-order valence-corrected chi connectivity index (χ0v) is 15.1. The van der Waals surface area contributed by atoms with E-state index in [4.69, 9.17) is 4.55 Å². The monoisotopic (exact) mass is 349 g/mol. The lowest BCUT2D eigenvalue weighted by Crippen LogP contribution is -2.27.